The molecule has 2 rings (SSSR count). The number of nitrogens with zero attached hydrogens (tertiary/aromatic N) is 1. The Balaban J connectivity index is 2.19. The predicted octanol–water partition coefficient (Wildman–Crippen LogP) is 0.751. The average Bonchev–Trinajstić information content (AvgIpc) is 2.43. The summed E-state index contributed by atoms with van der Waals surface area (Å²) in [6.07, 6.45) is 1.79. The van der Waals surface area contributed by atoms with Crippen molar-refractivity contribution in [3.05, 3.63) is 23.8 Å². The van der Waals surface area contributed by atoms with E-state index in [4.69, 9.17) is 5.11 Å². The zero-order chi connectivity index (χ0) is 13.8. The van der Waals surface area contributed by atoms with E-state index in [2.05, 4.69) is 5.32 Å². The van der Waals surface area contributed by atoms with Crippen molar-refractivity contribution in [1.29, 1.82) is 0 Å². The number of carbonyl (C=O) groups is 1. The molecule has 1 aliphatic rings. The summed E-state index contributed by atoms with van der Waals surface area (Å²) in [5, 5.41) is 21.2. The summed E-state index contributed by atoms with van der Waals surface area (Å²) in [7, 11) is 1.90. The van der Waals surface area contributed by atoms with Gasteiger partial charge < -0.3 is 20.4 Å². The Labute approximate surface area is 112 Å². The second kappa shape index (κ2) is 6.04. The molecule has 0 saturated heterocycles. The molecule has 1 atom stereocenters. The number of amides is 1. The number of rotatable bonds is 5. The van der Waals surface area contributed by atoms with Crippen LogP contribution in [-0.4, -0.2) is 42.4 Å². The Morgan fingerprint density at radius 3 is 2.84 bits per heavy atom. The molecule has 104 valence electrons. The number of benzene rings is 1. The maximum atomic E-state index is 11.3. The lowest BCUT2D eigenvalue weighted by molar-refractivity contribution is -0.116. The summed E-state index contributed by atoms with van der Waals surface area (Å²) in [6.45, 7) is 0.0570. The van der Waals surface area contributed by atoms with Gasteiger partial charge in [0.2, 0.25) is 5.91 Å². The van der Waals surface area contributed by atoms with Crippen molar-refractivity contribution in [1.82, 2.24) is 0 Å². The van der Waals surface area contributed by atoms with Gasteiger partial charge in [-0.25, -0.2) is 0 Å². The first-order chi connectivity index (χ1) is 9.15. The van der Waals surface area contributed by atoms with Crippen molar-refractivity contribution in [2.24, 2.45) is 0 Å². The monoisotopic (exact) mass is 264 g/mol. The lowest BCUT2D eigenvalue weighted by atomic mass is 10.0. The molecule has 5 heteroatoms. The van der Waals surface area contributed by atoms with Crippen LogP contribution in [0.15, 0.2) is 18.2 Å². The van der Waals surface area contributed by atoms with Crippen LogP contribution in [0.1, 0.15) is 18.4 Å². The smallest absolute Gasteiger partial charge is 0.224 e. The number of likely N-dealkylation sites (N-methyl/N-ethyl adjacent to an activating group) is 1. The maximum absolute atomic E-state index is 11.3. The number of anilines is 2. The minimum absolute atomic E-state index is 0.00484. The summed E-state index contributed by atoms with van der Waals surface area (Å²) in [5.74, 6) is 0.0575. The van der Waals surface area contributed by atoms with E-state index < -0.39 is 0 Å². The molecule has 3 N–H and O–H groups in total. The molecular formula is C14H20N2O3. The van der Waals surface area contributed by atoms with E-state index in [-0.39, 0.29) is 25.2 Å². The molecule has 0 fully saturated rings. The van der Waals surface area contributed by atoms with E-state index in [1.807, 2.05) is 30.1 Å². The first-order valence-electron chi connectivity index (χ1n) is 6.53. The summed E-state index contributed by atoms with van der Waals surface area (Å²) >= 11 is 0. The second-order valence-corrected chi connectivity index (χ2v) is 4.85. The molecule has 0 radical (unpaired) electrons. The molecule has 1 aliphatic heterocycles. The number of fused-ring (bicyclic) bond motifs is 1. The number of aliphatic hydroxyl groups is 2. The van der Waals surface area contributed by atoms with Crippen LogP contribution in [0.5, 0.6) is 0 Å². The van der Waals surface area contributed by atoms with E-state index in [1.165, 1.54) is 0 Å². The molecule has 0 aliphatic carbocycles. The fourth-order valence-corrected chi connectivity index (χ4v) is 2.36. The van der Waals surface area contributed by atoms with E-state index in [9.17, 15) is 9.90 Å². The van der Waals surface area contributed by atoms with Crippen molar-refractivity contribution >= 4 is 17.3 Å². The molecule has 1 aromatic rings. The van der Waals surface area contributed by atoms with Crippen LogP contribution in [0.4, 0.5) is 11.4 Å². The van der Waals surface area contributed by atoms with Crippen molar-refractivity contribution in [2.75, 3.05) is 30.5 Å². The van der Waals surface area contributed by atoms with Gasteiger partial charge in [0.1, 0.15) is 0 Å². The number of aliphatic hydroxyl groups excluding tert-OH is 2. The topological polar surface area (TPSA) is 72.8 Å². The van der Waals surface area contributed by atoms with Gasteiger partial charge in [-0.15, -0.1) is 0 Å². The highest BCUT2D eigenvalue weighted by Gasteiger charge is 2.18. The molecule has 0 bridgehead atoms. The van der Waals surface area contributed by atoms with Gasteiger partial charge in [0.25, 0.3) is 0 Å². The van der Waals surface area contributed by atoms with Crippen molar-refractivity contribution in [2.45, 2.75) is 25.3 Å². The SMILES string of the molecule is CN(c1ccc2c(c1)CCC(=O)N2)C(CO)CCO. The third-order valence-electron chi connectivity index (χ3n) is 3.61. The van der Waals surface area contributed by atoms with Gasteiger partial charge in [0.15, 0.2) is 0 Å². The van der Waals surface area contributed by atoms with E-state index in [1.54, 1.807) is 0 Å². The number of nitrogens with one attached hydrogen (secondary N) is 1. The van der Waals surface area contributed by atoms with Crippen molar-refractivity contribution in [3.63, 3.8) is 0 Å². The summed E-state index contributed by atoms with van der Waals surface area (Å²) in [6, 6.07) is 5.76. The molecule has 0 saturated carbocycles. The number of carbonyl (C=O) groups excluding carboxylic acids is 1. The van der Waals surface area contributed by atoms with Gasteiger partial charge in [-0.3, -0.25) is 4.79 Å². The van der Waals surface area contributed by atoms with Crippen LogP contribution in [-0.2, 0) is 11.2 Å². The zero-order valence-corrected chi connectivity index (χ0v) is 11.1. The Morgan fingerprint density at radius 2 is 2.16 bits per heavy atom. The molecule has 19 heavy (non-hydrogen) atoms. The van der Waals surface area contributed by atoms with Crippen LogP contribution >= 0.6 is 0 Å². The number of aryl methyl sites for hydroxylation is 1. The standard InChI is InChI=1S/C14H20N2O3/c1-16(12(9-18)6-7-17)11-3-4-13-10(8-11)2-5-14(19)15-13/h3-4,8,12,17-18H,2,5-7,9H2,1H3,(H,15,19). The fraction of sp³-hybridized carbons (Fsp3) is 0.500. The second-order valence-electron chi connectivity index (χ2n) is 4.85. The maximum Gasteiger partial charge on any atom is 0.224 e. The van der Waals surface area contributed by atoms with Gasteiger partial charge in [-0.1, -0.05) is 0 Å². The van der Waals surface area contributed by atoms with Crippen LogP contribution in [0, 0.1) is 0 Å². The van der Waals surface area contributed by atoms with Crippen molar-refractivity contribution in [3.8, 4) is 0 Å². The highest BCUT2D eigenvalue weighted by Crippen LogP contribution is 2.28. The predicted molar refractivity (Wildman–Crippen MR) is 74.4 cm³/mol. The zero-order valence-electron chi connectivity index (χ0n) is 11.1. The van der Waals surface area contributed by atoms with E-state index in [0.29, 0.717) is 12.8 Å². The van der Waals surface area contributed by atoms with Crippen LogP contribution in [0.25, 0.3) is 0 Å². The van der Waals surface area contributed by atoms with Crippen LogP contribution < -0.4 is 10.2 Å². The Kier molecular flexibility index (Phi) is 4.39. The van der Waals surface area contributed by atoms with Gasteiger partial charge in [-0.2, -0.15) is 0 Å². The number of hydrogen-bond acceptors (Lipinski definition) is 4. The number of hydrogen-bond donors (Lipinski definition) is 3. The molecule has 5 nitrogen and oxygen atoms in total. The van der Waals surface area contributed by atoms with E-state index >= 15 is 0 Å². The van der Waals surface area contributed by atoms with Gasteiger partial charge in [0.05, 0.1) is 12.6 Å². The molecule has 1 aromatic carbocycles. The minimum atomic E-state index is -0.0961. The largest absolute Gasteiger partial charge is 0.396 e. The summed E-state index contributed by atoms with van der Waals surface area (Å²) < 4.78 is 0. The third-order valence-corrected chi connectivity index (χ3v) is 3.61. The summed E-state index contributed by atoms with van der Waals surface area (Å²) in [5.41, 5.74) is 2.98. The lowest BCUT2D eigenvalue weighted by Gasteiger charge is -2.29. The average molecular weight is 264 g/mol. The normalized spacial score (nSPS) is 15.6. The molecular weight excluding hydrogens is 244 g/mol. The van der Waals surface area contributed by atoms with Crippen LogP contribution in [0.3, 0.4) is 0 Å². The lowest BCUT2D eigenvalue weighted by Crippen LogP contribution is -2.35. The van der Waals surface area contributed by atoms with Gasteiger partial charge >= 0.3 is 0 Å². The first kappa shape index (κ1) is 13.8. The quantitative estimate of drug-likeness (QED) is 0.734. The van der Waals surface area contributed by atoms with Crippen molar-refractivity contribution < 1.29 is 15.0 Å². The Hall–Kier alpha value is -1.59. The van der Waals surface area contributed by atoms with Gasteiger partial charge in [-0.05, 0) is 36.6 Å². The third kappa shape index (κ3) is 3.05. The highest BCUT2D eigenvalue weighted by molar-refractivity contribution is 5.94. The molecule has 1 amide bonds. The summed E-state index contributed by atoms with van der Waals surface area (Å²) in [4.78, 5) is 13.3. The molecule has 1 unspecified atom stereocenters. The molecule has 0 aromatic heterocycles. The van der Waals surface area contributed by atoms with Crippen LogP contribution in [0.2, 0.25) is 0 Å². The fourth-order valence-electron chi connectivity index (χ4n) is 2.36. The Morgan fingerprint density at radius 1 is 1.37 bits per heavy atom. The van der Waals surface area contributed by atoms with E-state index in [0.717, 1.165) is 23.4 Å². The van der Waals surface area contributed by atoms with Gasteiger partial charge in [0, 0.05) is 31.5 Å². The molecule has 0 spiro atoms. The molecule has 1 heterocycles. The highest BCUT2D eigenvalue weighted by atomic mass is 16.3. The minimum Gasteiger partial charge on any atom is -0.396 e. The first-order valence-corrected chi connectivity index (χ1v) is 6.53. The Bertz CT molecular complexity index is 462.